The molecule has 0 aliphatic carbocycles. The second-order valence-electron chi connectivity index (χ2n) is 37.7. The normalized spacial score (nSPS) is 19.8. The molecule has 4 amide bonds. The highest BCUT2D eigenvalue weighted by molar-refractivity contribution is 5.95. The Kier molecular flexibility index (Phi) is 62.8. The number of aliphatic hydroxyl groups is 6. The van der Waals surface area contributed by atoms with E-state index in [4.69, 9.17) is 33.2 Å². The monoisotopic (exact) mass is 1860 g/mol. The molecule has 0 radical (unpaired) electrons. The molecule has 0 saturated carbocycles. The molecule has 2 aliphatic heterocycles. The standard InChI is InChI=1S/C67H99FN2O7.C43H75FN2O10/c1-5-6-7-8-9-10-11-12-14-17-20-32-45-62(74-49-57-39-28-24-29-40-57)65(75-50-58-41-30-25-31-42-58)61(51-76-67-55(4)53(2)54(3)63(77-67)52-73-48-56-37-26-23-27-38-56)70-64(71)46-33-21-18-15-13-16-19-22-36-47-69-66(72)59-43-34-35-44-60(59)68;1-2-3-4-5-6-7-8-9-11-14-17-20-27-35(48)38(50)34(31-55-43-41(53)40(52)39(51)36(30-47)56-43)46-37(49)28-21-18-15-12-10-13-16-19-24-29-45-42(54)32-25-22-23-26-33(32)44/h23-31,34-35,37-44,53-55,61-63,65,67H,5-22,32-33,36,45-52H2,1-4H3,(H,69,72)(H,70,71);22-23,25-26,34-36,38-41,43,47-48,50-53H,2-21,24,27-31H2,1H3,(H,45,54)(H,46,49)/t53-,54+,55?,61-,62+,63?,65-,67-;34-,35+,36?,38-,39-,40-,41?,43-/m00/s1. The van der Waals surface area contributed by atoms with Crippen LogP contribution < -0.4 is 21.3 Å². The van der Waals surface area contributed by atoms with E-state index in [2.05, 4.69) is 104 Å². The molecular weight excluding hydrogens is 1690 g/mol. The van der Waals surface area contributed by atoms with Crippen molar-refractivity contribution in [3.63, 3.8) is 0 Å². The zero-order chi connectivity index (χ0) is 95.5. The van der Waals surface area contributed by atoms with Crippen molar-refractivity contribution < 1.29 is 91.8 Å². The number of hydrogen-bond donors (Lipinski definition) is 10. The Morgan fingerprint density at radius 2 is 0.744 bits per heavy atom. The molecule has 2 heterocycles. The van der Waals surface area contributed by atoms with Gasteiger partial charge < -0.3 is 85.1 Å². The molecule has 16 atom stereocenters. The summed E-state index contributed by atoms with van der Waals surface area (Å²) in [5.74, 6) is -1.40. The van der Waals surface area contributed by atoms with Crippen LogP contribution in [0.3, 0.4) is 0 Å². The van der Waals surface area contributed by atoms with Gasteiger partial charge in [-0.15, -0.1) is 0 Å². The van der Waals surface area contributed by atoms with Gasteiger partial charge in [-0.2, -0.15) is 0 Å². The maximum absolute atomic E-state index is 14.2. The van der Waals surface area contributed by atoms with Gasteiger partial charge in [0.05, 0.1) is 87.8 Å². The third-order valence-electron chi connectivity index (χ3n) is 26.6. The molecule has 0 bridgehead atoms. The molecule has 4 unspecified atom stereocenters. The van der Waals surface area contributed by atoms with Gasteiger partial charge in [-0.25, -0.2) is 8.78 Å². The number of carbonyl (C=O) groups excluding carboxylic acids is 4. The number of benzene rings is 5. The van der Waals surface area contributed by atoms with Crippen molar-refractivity contribution >= 4 is 23.6 Å². The third-order valence-corrected chi connectivity index (χ3v) is 26.6. The summed E-state index contributed by atoms with van der Waals surface area (Å²) in [4.78, 5) is 51.6. The van der Waals surface area contributed by atoms with Gasteiger partial charge >= 0.3 is 0 Å². The van der Waals surface area contributed by atoms with E-state index in [1.54, 1.807) is 24.3 Å². The fourth-order valence-electron chi connectivity index (χ4n) is 17.7. The van der Waals surface area contributed by atoms with E-state index in [0.717, 1.165) is 171 Å². The van der Waals surface area contributed by atoms with Gasteiger partial charge in [-0.3, -0.25) is 19.2 Å². The highest BCUT2D eigenvalue weighted by atomic mass is 19.1. The van der Waals surface area contributed by atoms with Gasteiger partial charge in [0.25, 0.3) is 11.8 Å². The van der Waals surface area contributed by atoms with Gasteiger partial charge in [0.2, 0.25) is 11.8 Å². The van der Waals surface area contributed by atoms with Crippen LogP contribution >= 0.6 is 0 Å². The van der Waals surface area contributed by atoms with Crippen LogP contribution in [0.4, 0.5) is 8.78 Å². The predicted molar refractivity (Wildman–Crippen MR) is 525 cm³/mol. The molecule has 23 heteroatoms. The van der Waals surface area contributed by atoms with Crippen molar-refractivity contribution in [3.8, 4) is 0 Å². The molecule has 2 fully saturated rings. The number of carbonyl (C=O) groups is 4. The Bertz CT molecular complexity index is 3730. The second kappa shape index (κ2) is 72.6. The number of amides is 4. The van der Waals surface area contributed by atoms with E-state index < -0.39 is 91.5 Å². The van der Waals surface area contributed by atoms with Gasteiger partial charge in [0, 0.05) is 31.8 Å². The predicted octanol–water partition coefficient (Wildman–Crippen LogP) is 21.6. The van der Waals surface area contributed by atoms with Crippen molar-refractivity contribution in [1.29, 1.82) is 0 Å². The minimum Gasteiger partial charge on any atom is -0.394 e. The SMILES string of the molecule is CCCCCCCCCCCCCC[C@@H](O)[C@@H](O)[C@H](CO[C@H]1OC(CO)[C@H](O)[C@H](O)C1O)NC(=O)CCCCCCCCCCCNC(=O)c1ccccc1F.CCCCCCCCCCCCCC[C@@H](OCc1ccccc1)[C@@H](OCc1ccccc1)[C@H](CO[C@H]1OC(COCc2ccccc2)[C@H](C)[C@H](C)C1C)NC(=O)CCCCCCCCCCCNC(=O)c1ccccc1F. The van der Waals surface area contributed by atoms with E-state index >= 15 is 0 Å². The fourth-order valence-corrected chi connectivity index (χ4v) is 17.7. The minimum absolute atomic E-state index is 0.00651. The molecule has 133 heavy (non-hydrogen) atoms. The van der Waals surface area contributed by atoms with Crippen LogP contribution in [0.5, 0.6) is 0 Å². The van der Waals surface area contributed by atoms with Crippen molar-refractivity contribution in [2.24, 2.45) is 17.8 Å². The number of halogens is 2. The maximum atomic E-state index is 14.2. The molecule has 5 aromatic rings. The van der Waals surface area contributed by atoms with Crippen molar-refractivity contribution in [3.05, 3.63) is 179 Å². The van der Waals surface area contributed by atoms with E-state index in [9.17, 15) is 58.6 Å². The van der Waals surface area contributed by atoms with Crippen LogP contribution in [0.15, 0.2) is 140 Å². The molecule has 5 aromatic carbocycles. The van der Waals surface area contributed by atoms with E-state index in [-0.39, 0.29) is 72.5 Å². The molecule has 750 valence electrons. The molecular formula is C110H174F2N4O17. The largest absolute Gasteiger partial charge is 0.394 e. The number of hydrogen-bond acceptors (Lipinski definition) is 17. The Morgan fingerprint density at radius 1 is 0.383 bits per heavy atom. The van der Waals surface area contributed by atoms with Gasteiger partial charge in [0.15, 0.2) is 12.6 Å². The summed E-state index contributed by atoms with van der Waals surface area (Å²) < 4.78 is 72.8. The Morgan fingerprint density at radius 3 is 1.18 bits per heavy atom. The van der Waals surface area contributed by atoms with Crippen molar-refractivity contribution in [2.75, 3.05) is 39.5 Å². The first kappa shape index (κ1) is 115. The highest BCUT2D eigenvalue weighted by Gasteiger charge is 2.46. The van der Waals surface area contributed by atoms with E-state index in [1.165, 1.54) is 140 Å². The number of unbranched alkanes of at least 4 members (excludes halogenated alkanes) is 38. The van der Waals surface area contributed by atoms with Crippen LogP contribution in [-0.4, -0.2) is 173 Å². The lowest BCUT2D eigenvalue weighted by atomic mass is 9.79. The zero-order valence-corrected chi connectivity index (χ0v) is 81.8. The van der Waals surface area contributed by atoms with E-state index in [1.807, 2.05) is 42.5 Å². The molecule has 0 aromatic heterocycles. The van der Waals surface area contributed by atoms with Gasteiger partial charge in [-0.1, -0.05) is 394 Å². The summed E-state index contributed by atoms with van der Waals surface area (Å²) in [7, 11) is 0. The van der Waals surface area contributed by atoms with Gasteiger partial charge in [-0.05, 0) is 91.3 Å². The fraction of sp³-hybridized carbons (Fsp3) is 0.691. The number of aliphatic hydroxyl groups excluding tert-OH is 6. The van der Waals surface area contributed by atoms with Gasteiger partial charge in [0.1, 0.15) is 48.3 Å². The van der Waals surface area contributed by atoms with Crippen LogP contribution in [0.2, 0.25) is 0 Å². The number of ether oxygens (including phenoxy) is 7. The minimum atomic E-state index is -1.63. The summed E-state index contributed by atoms with van der Waals surface area (Å²) in [5.41, 5.74) is 3.44. The van der Waals surface area contributed by atoms with E-state index in [0.29, 0.717) is 64.7 Å². The van der Waals surface area contributed by atoms with Crippen LogP contribution in [0, 0.1) is 29.4 Å². The second-order valence-corrected chi connectivity index (χ2v) is 37.7. The molecule has 2 saturated heterocycles. The lowest BCUT2D eigenvalue weighted by Gasteiger charge is -2.44. The van der Waals surface area contributed by atoms with Crippen LogP contribution in [-0.2, 0) is 62.6 Å². The lowest BCUT2D eigenvalue weighted by Crippen LogP contribution is -2.60. The van der Waals surface area contributed by atoms with Crippen LogP contribution in [0.25, 0.3) is 0 Å². The summed E-state index contributed by atoms with van der Waals surface area (Å²) >= 11 is 0. The smallest absolute Gasteiger partial charge is 0.254 e. The van der Waals surface area contributed by atoms with Crippen molar-refractivity contribution in [1.82, 2.24) is 21.3 Å². The summed E-state index contributed by atoms with van der Waals surface area (Å²) in [6, 6.07) is 41.4. The molecule has 10 N–H and O–H groups in total. The average Bonchev–Trinajstić information content (AvgIpc) is 0.803. The summed E-state index contributed by atoms with van der Waals surface area (Å²) in [5, 5.41) is 74.1. The number of nitrogens with one attached hydrogen (secondary N) is 4. The Hall–Kier alpha value is -6.68. The maximum Gasteiger partial charge on any atom is 0.254 e. The first-order chi connectivity index (χ1) is 64.8. The first-order valence-electron chi connectivity index (χ1n) is 52.0. The lowest BCUT2D eigenvalue weighted by molar-refractivity contribution is -0.303. The summed E-state index contributed by atoms with van der Waals surface area (Å²) in [6.45, 7) is 13.3. The Balaban J connectivity index is 0.000000431. The highest BCUT2D eigenvalue weighted by Crippen LogP contribution is 2.37. The number of rotatable bonds is 75. The van der Waals surface area contributed by atoms with Crippen molar-refractivity contribution in [2.45, 2.75) is 429 Å². The molecule has 0 spiro atoms. The average molecular weight is 1860 g/mol. The quantitative estimate of drug-likeness (QED) is 0.0162. The zero-order valence-electron chi connectivity index (χ0n) is 81.8. The topological polar surface area (TPSA) is 302 Å². The van der Waals surface area contributed by atoms with Crippen LogP contribution in [0.1, 0.15) is 367 Å². The summed E-state index contributed by atoms with van der Waals surface area (Å²) in [6.07, 6.45) is 37.5. The Labute approximate surface area is 798 Å². The third kappa shape index (κ3) is 48.9. The molecule has 2 aliphatic rings. The molecule has 21 nitrogen and oxygen atoms in total. The first-order valence-corrected chi connectivity index (χ1v) is 52.0. The molecule has 7 rings (SSSR count).